The minimum atomic E-state index is -0.761. The lowest BCUT2D eigenvalue weighted by atomic mass is 10.00. The molecule has 5 heteroatoms. The van der Waals surface area contributed by atoms with Crippen LogP contribution in [0.1, 0.15) is 29.9 Å². The van der Waals surface area contributed by atoms with Crippen molar-refractivity contribution in [3.63, 3.8) is 0 Å². The Labute approximate surface area is 100 Å². The van der Waals surface area contributed by atoms with E-state index in [0.717, 1.165) is 17.0 Å². The predicted octanol–water partition coefficient (Wildman–Crippen LogP) is 1.33. The monoisotopic (exact) mass is 238 g/mol. The van der Waals surface area contributed by atoms with Crippen molar-refractivity contribution < 1.29 is 14.6 Å². The van der Waals surface area contributed by atoms with E-state index in [-0.39, 0.29) is 5.92 Å². The number of rotatable bonds is 4. The summed E-state index contributed by atoms with van der Waals surface area (Å²) in [5.41, 5.74) is 3.07. The van der Waals surface area contributed by atoms with Crippen molar-refractivity contribution in [2.75, 3.05) is 13.2 Å². The summed E-state index contributed by atoms with van der Waals surface area (Å²) in [6.07, 6.45) is 0.542. The van der Waals surface area contributed by atoms with Gasteiger partial charge in [0, 0.05) is 5.69 Å². The summed E-state index contributed by atoms with van der Waals surface area (Å²) < 4.78 is 7.13. The molecule has 94 valence electrons. The summed E-state index contributed by atoms with van der Waals surface area (Å²) in [6.45, 7) is 7.08. The third-order valence-corrected chi connectivity index (χ3v) is 3.37. The lowest BCUT2D eigenvalue weighted by molar-refractivity contribution is -0.141. The van der Waals surface area contributed by atoms with Crippen molar-refractivity contribution in [2.45, 2.75) is 33.2 Å². The molecule has 1 saturated heterocycles. The molecule has 0 bridgehead atoms. The second kappa shape index (κ2) is 4.49. The number of hydrogen-bond acceptors (Lipinski definition) is 3. The molecule has 0 aromatic carbocycles. The Kier molecular flexibility index (Phi) is 3.19. The molecular formula is C12H18N2O3. The normalized spacial score (nSPS) is 17.8. The van der Waals surface area contributed by atoms with Crippen LogP contribution in [0.2, 0.25) is 0 Å². The van der Waals surface area contributed by atoms with Crippen molar-refractivity contribution in [3.8, 4) is 0 Å². The third-order valence-electron chi connectivity index (χ3n) is 3.37. The summed E-state index contributed by atoms with van der Waals surface area (Å²) in [4.78, 5) is 10.9. The van der Waals surface area contributed by atoms with Crippen LogP contribution in [0.15, 0.2) is 0 Å². The molecule has 1 aromatic heterocycles. The number of aryl methyl sites for hydroxylation is 1. The lowest BCUT2D eigenvalue weighted by Crippen LogP contribution is -2.32. The van der Waals surface area contributed by atoms with Crippen LogP contribution in [0, 0.1) is 19.8 Å². The molecular weight excluding hydrogens is 220 g/mol. The highest BCUT2D eigenvalue weighted by Gasteiger charge is 2.26. The van der Waals surface area contributed by atoms with Crippen LogP contribution < -0.4 is 0 Å². The van der Waals surface area contributed by atoms with Crippen LogP contribution in [-0.2, 0) is 16.0 Å². The minimum Gasteiger partial charge on any atom is -0.481 e. The van der Waals surface area contributed by atoms with Gasteiger partial charge in [0.2, 0.25) is 0 Å². The molecule has 1 aromatic rings. The van der Waals surface area contributed by atoms with Crippen LogP contribution >= 0.6 is 0 Å². The first-order valence-electron chi connectivity index (χ1n) is 5.85. The van der Waals surface area contributed by atoms with Gasteiger partial charge in [-0.25, -0.2) is 0 Å². The third kappa shape index (κ3) is 2.20. The summed E-state index contributed by atoms with van der Waals surface area (Å²) in [7, 11) is 0. The van der Waals surface area contributed by atoms with Gasteiger partial charge in [-0.2, -0.15) is 5.10 Å². The molecule has 1 aliphatic rings. The fourth-order valence-electron chi connectivity index (χ4n) is 2.11. The van der Waals surface area contributed by atoms with E-state index >= 15 is 0 Å². The van der Waals surface area contributed by atoms with Crippen molar-refractivity contribution in [1.29, 1.82) is 0 Å². The maximum Gasteiger partial charge on any atom is 0.306 e. The highest BCUT2D eigenvalue weighted by molar-refractivity contribution is 5.70. The van der Waals surface area contributed by atoms with E-state index in [2.05, 4.69) is 5.10 Å². The van der Waals surface area contributed by atoms with Gasteiger partial charge in [-0.15, -0.1) is 0 Å². The molecule has 1 N–H and O–H groups in total. The van der Waals surface area contributed by atoms with E-state index in [1.165, 1.54) is 0 Å². The molecule has 0 aliphatic carbocycles. The maximum absolute atomic E-state index is 10.9. The smallest absolute Gasteiger partial charge is 0.306 e. The number of carboxylic acids is 1. The molecule has 2 heterocycles. The summed E-state index contributed by atoms with van der Waals surface area (Å²) >= 11 is 0. The van der Waals surface area contributed by atoms with E-state index in [4.69, 9.17) is 9.84 Å². The average Bonchev–Trinajstić information content (AvgIpc) is 2.43. The predicted molar refractivity (Wildman–Crippen MR) is 62.1 cm³/mol. The minimum absolute atomic E-state index is 0.322. The van der Waals surface area contributed by atoms with Gasteiger partial charge in [-0.05, 0) is 25.8 Å². The zero-order chi connectivity index (χ0) is 12.6. The first kappa shape index (κ1) is 12.1. The molecule has 0 saturated carbocycles. The molecule has 1 fully saturated rings. The van der Waals surface area contributed by atoms with Crippen molar-refractivity contribution in [3.05, 3.63) is 17.0 Å². The quantitative estimate of drug-likeness (QED) is 0.859. The Morgan fingerprint density at radius 1 is 1.59 bits per heavy atom. The van der Waals surface area contributed by atoms with Gasteiger partial charge in [-0.3, -0.25) is 9.48 Å². The second-order valence-electron chi connectivity index (χ2n) is 4.73. The van der Waals surface area contributed by atoms with Gasteiger partial charge < -0.3 is 9.84 Å². The van der Waals surface area contributed by atoms with Gasteiger partial charge in [0.1, 0.15) is 0 Å². The van der Waals surface area contributed by atoms with Gasteiger partial charge in [0.25, 0.3) is 0 Å². The Morgan fingerprint density at radius 2 is 2.24 bits per heavy atom. The SMILES string of the molecule is Cc1nn(C2COC2)c(C)c1CC(C)C(=O)O. The zero-order valence-corrected chi connectivity index (χ0v) is 10.4. The van der Waals surface area contributed by atoms with Crippen molar-refractivity contribution in [2.24, 2.45) is 5.92 Å². The molecule has 0 radical (unpaired) electrons. The number of aromatic nitrogens is 2. The van der Waals surface area contributed by atoms with Crippen LogP contribution in [0.25, 0.3) is 0 Å². The van der Waals surface area contributed by atoms with E-state index in [1.54, 1.807) is 6.92 Å². The Balaban J connectivity index is 2.21. The van der Waals surface area contributed by atoms with E-state index in [1.807, 2.05) is 18.5 Å². The summed E-state index contributed by atoms with van der Waals surface area (Å²) in [5, 5.41) is 13.4. The number of aliphatic carboxylic acids is 1. The molecule has 0 spiro atoms. The Bertz CT molecular complexity index is 435. The highest BCUT2D eigenvalue weighted by Crippen LogP contribution is 2.24. The highest BCUT2D eigenvalue weighted by atomic mass is 16.5. The standard InChI is InChI=1S/C12H18N2O3/c1-7(12(15)16)4-11-8(2)13-14(9(11)3)10-5-17-6-10/h7,10H,4-6H2,1-3H3,(H,15,16). The fourth-order valence-corrected chi connectivity index (χ4v) is 2.11. The van der Waals surface area contributed by atoms with Gasteiger partial charge in [-0.1, -0.05) is 6.92 Å². The molecule has 0 amide bonds. The van der Waals surface area contributed by atoms with E-state index < -0.39 is 5.97 Å². The number of ether oxygens (including phenoxy) is 1. The number of carbonyl (C=O) groups is 1. The first-order chi connectivity index (χ1) is 8.00. The van der Waals surface area contributed by atoms with Crippen LogP contribution in [0.3, 0.4) is 0 Å². The number of hydrogen-bond donors (Lipinski definition) is 1. The largest absolute Gasteiger partial charge is 0.481 e. The van der Waals surface area contributed by atoms with Gasteiger partial charge in [0.05, 0.1) is 30.9 Å². The van der Waals surface area contributed by atoms with E-state index in [9.17, 15) is 4.79 Å². The van der Waals surface area contributed by atoms with Crippen LogP contribution in [-0.4, -0.2) is 34.1 Å². The Morgan fingerprint density at radius 3 is 2.71 bits per heavy atom. The van der Waals surface area contributed by atoms with Gasteiger partial charge >= 0.3 is 5.97 Å². The molecule has 1 atom stereocenters. The zero-order valence-electron chi connectivity index (χ0n) is 10.4. The molecule has 5 nitrogen and oxygen atoms in total. The summed E-state index contributed by atoms with van der Waals surface area (Å²) in [5.74, 6) is -1.13. The topological polar surface area (TPSA) is 64.4 Å². The van der Waals surface area contributed by atoms with Crippen molar-refractivity contribution >= 4 is 5.97 Å². The Hall–Kier alpha value is -1.36. The molecule has 1 unspecified atom stereocenters. The van der Waals surface area contributed by atoms with Gasteiger partial charge in [0.15, 0.2) is 0 Å². The number of carboxylic acid groups (broad SMARTS) is 1. The summed E-state index contributed by atoms with van der Waals surface area (Å²) in [6, 6.07) is 0.322. The maximum atomic E-state index is 10.9. The average molecular weight is 238 g/mol. The van der Waals surface area contributed by atoms with Crippen LogP contribution in [0.4, 0.5) is 0 Å². The van der Waals surface area contributed by atoms with E-state index in [0.29, 0.717) is 25.7 Å². The first-order valence-corrected chi connectivity index (χ1v) is 5.85. The molecule has 1 aliphatic heterocycles. The van der Waals surface area contributed by atoms with Crippen LogP contribution in [0.5, 0.6) is 0 Å². The number of nitrogens with zero attached hydrogens (tertiary/aromatic N) is 2. The fraction of sp³-hybridized carbons (Fsp3) is 0.667. The lowest BCUT2D eigenvalue weighted by Gasteiger charge is -2.27. The molecule has 17 heavy (non-hydrogen) atoms. The molecule has 2 rings (SSSR count). The van der Waals surface area contributed by atoms with Crippen molar-refractivity contribution in [1.82, 2.24) is 9.78 Å². The second-order valence-corrected chi connectivity index (χ2v) is 4.73.